The molecule has 0 unspecified atom stereocenters. The van der Waals surface area contributed by atoms with Crippen molar-refractivity contribution < 1.29 is 4.79 Å². The van der Waals surface area contributed by atoms with Crippen molar-refractivity contribution in [3.8, 4) is 0 Å². The van der Waals surface area contributed by atoms with Crippen molar-refractivity contribution in [3.63, 3.8) is 0 Å². The second kappa shape index (κ2) is 9.74. The van der Waals surface area contributed by atoms with Gasteiger partial charge in [-0.1, -0.05) is 55.5 Å². The number of urea groups is 1. The van der Waals surface area contributed by atoms with Crippen LogP contribution in [0.1, 0.15) is 31.4 Å². The third kappa shape index (κ3) is 5.00. The van der Waals surface area contributed by atoms with Crippen molar-refractivity contribution in [3.05, 3.63) is 84.2 Å². The minimum atomic E-state index is -0.0572. The number of para-hydroxylation sites is 1. The molecule has 0 radical (unpaired) electrons. The summed E-state index contributed by atoms with van der Waals surface area (Å²) in [5, 5.41) is 7.39. The largest absolute Gasteiger partial charge is 0.322 e. The summed E-state index contributed by atoms with van der Waals surface area (Å²) in [5.74, 6) is 0. The molecule has 0 aliphatic carbocycles. The minimum absolute atomic E-state index is 0.0572. The molecule has 1 aromatic heterocycles. The SMILES string of the molecule is CC[C@@H](Cc1ccccc1)N(CC)C(=O)Nc1ccccc1Cn1cccn1. The molecule has 1 heterocycles. The number of carbonyl (C=O) groups excluding carboxylic acids is 1. The predicted octanol–water partition coefficient (Wildman–Crippen LogP) is 4.81. The van der Waals surface area contributed by atoms with Gasteiger partial charge in [-0.2, -0.15) is 5.10 Å². The molecule has 2 aromatic carbocycles. The fourth-order valence-electron chi connectivity index (χ4n) is 3.46. The fraction of sp³-hybridized carbons (Fsp3) is 0.304. The van der Waals surface area contributed by atoms with Crippen LogP contribution in [-0.2, 0) is 13.0 Å². The van der Waals surface area contributed by atoms with Crippen LogP contribution in [0.25, 0.3) is 0 Å². The summed E-state index contributed by atoms with van der Waals surface area (Å²) in [6.45, 7) is 5.45. The first-order valence-electron chi connectivity index (χ1n) is 9.88. The molecule has 2 amide bonds. The summed E-state index contributed by atoms with van der Waals surface area (Å²) in [5.41, 5.74) is 3.11. The lowest BCUT2D eigenvalue weighted by Gasteiger charge is -2.31. The molecule has 0 spiro atoms. The average molecular weight is 377 g/mol. The molecule has 1 atom stereocenters. The Morgan fingerprint density at radius 1 is 1.07 bits per heavy atom. The van der Waals surface area contributed by atoms with E-state index in [4.69, 9.17) is 0 Å². The van der Waals surface area contributed by atoms with Gasteiger partial charge in [-0.05, 0) is 43.0 Å². The number of amides is 2. The van der Waals surface area contributed by atoms with E-state index in [0.717, 1.165) is 24.1 Å². The van der Waals surface area contributed by atoms with Crippen molar-refractivity contribution in [2.24, 2.45) is 0 Å². The van der Waals surface area contributed by atoms with Gasteiger partial charge in [-0.3, -0.25) is 4.68 Å². The van der Waals surface area contributed by atoms with Crippen molar-refractivity contribution >= 4 is 11.7 Å². The Kier molecular flexibility index (Phi) is 6.84. The van der Waals surface area contributed by atoms with Crippen LogP contribution >= 0.6 is 0 Å². The number of hydrogen-bond donors (Lipinski definition) is 1. The number of aromatic nitrogens is 2. The molecule has 0 saturated heterocycles. The summed E-state index contributed by atoms with van der Waals surface area (Å²) >= 11 is 0. The van der Waals surface area contributed by atoms with E-state index in [9.17, 15) is 4.79 Å². The molecule has 0 aliphatic rings. The van der Waals surface area contributed by atoms with E-state index in [-0.39, 0.29) is 12.1 Å². The van der Waals surface area contributed by atoms with Gasteiger partial charge in [0.05, 0.1) is 6.54 Å². The Morgan fingerprint density at radius 2 is 1.82 bits per heavy atom. The molecular formula is C23H28N4O. The van der Waals surface area contributed by atoms with Crippen molar-refractivity contribution in [1.82, 2.24) is 14.7 Å². The number of carbonyl (C=O) groups is 1. The van der Waals surface area contributed by atoms with Gasteiger partial charge >= 0.3 is 6.03 Å². The first-order valence-corrected chi connectivity index (χ1v) is 9.88. The number of benzene rings is 2. The molecular weight excluding hydrogens is 348 g/mol. The molecule has 146 valence electrons. The van der Waals surface area contributed by atoms with E-state index < -0.39 is 0 Å². The maximum absolute atomic E-state index is 13.1. The van der Waals surface area contributed by atoms with Crippen LogP contribution in [0, 0.1) is 0 Å². The van der Waals surface area contributed by atoms with E-state index in [0.29, 0.717) is 13.1 Å². The molecule has 5 heteroatoms. The monoisotopic (exact) mass is 376 g/mol. The van der Waals surface area contributed by atoms with E-state index in [2.05, 4.69) is 29.5 Å². The Morgan fingerprint density at radius 3 is 2.50 bits per heavy atom. The van der Waals surface area contributed by atoms with E-state index in [1.54, 1.807) is 6.20 Å². The quantitative estimate of drug-likeness (QED) is 0.613. The average Bonchev–Trinajstić information content (AvgIpc) is 3.23. The molecule has 0 bridgehead atoms. The van der Waals surface area contributed by atoms with Gasteiger partial charge < -0.3 is 10.2 Å². The molecule has 0 aliphatic heterocycles. The molecule has 0 fully saturated rings. The van der Waals surface area contributed by atoms with Crippen LogP contribution in [-0.4, -0.2) is 33.3 Å². The smallest absolute Gasteiger partial charge is 0.322 e. The second-order valence-corrected chi connectivity index (χ2v) is 6.83. The highest BCUT2D eigenvalue weighted by atomic mass is 16.2. The van der Waals surface area contributed by atoms with Gasteiger partial charge in [-0.25, -0.2) is 4.79 Å². The van der Waals surface area contributed by atoms with E-state index in [1.807, 2.05) is 71.2 Å². The molecule has 1 N–H and O–H groups in total. The number of anilines is 1. The Labute approximate surface area is 167 Å². The lowest BCUT2D eigenvalue weighted by molar-refractivity contribution is 0.189. The Hall–Kier alpha value is -3.08. The summed E-state index contributed by atoms with van der Waals surface area (Å²) in [6.07, 6.45) is 5.44. The summed E-state index contributed by atoms with van der Waals surface area (Å²) in [4.78, 5) is 15.0. The molecule has 0 saturated carbocycles. The molecule has 5 nitrogen and oxygen atoms in total. The van der Waals surface area contributed by atoms with Gasteiger partial charge in [0.1, 0.15) is 0 Å². The maximum Gasteiger partial charge on any atom is 0.322 e. The van der Waals surface area contributed by atoms with Crippen molar-refractivity contribution in [1.29, 1.82) is 0 Å². The number of nitrogens with one attached hydrogen (secondary N) is 1. The normalized spacial score (nSPS) is 11.8. The third-order valence-electron chi connectivity index (χ3n) is 4.98. The summed E-state index contributed by atoms with van der Waals surface area (Å²) < 4.78 is 1.85. The molecule has 3 rings (SSSR count). The van der Waals surface area contributed by atoms with Gasteiger partial charge in [0.2, 0.25) is 0 Å². The zero-order valence-electron chi connectivity index (χ0n) is 16.6. The van der Waals surface area contributed by atoms with Gasteiger partial charge in [0.15, 0.2) is 0 Å². The Bertz CT molecular complexity index is 861. The van der Waals surface area contributed by atoms with Crippen LogP contribution in [0.3, 0.4) is 0 Å². The third-order valence-corrected chi connectivity index (χ3v) is 4.98. The number of hydrogen-bond acceptors (Lipinski definition) is 2. The minimum Gasteiger partial charge on any atom is -0.322 e. The van der Waals surface area contributed by atoms with Crippen LogP contribution in [0.5, 0.6) is 0 Å². The van der Waals surface area contributed by atoms with Gasteiger partial charge in [-0.15, -0.1) is 0 Å². The van der Waals surface area contributed by atoms with Crippen molar-refractivity contribution in [2.45, 2.75) is 39.3 Å². The van der Waals surface area contributed by atoms with E-state index >= 15 is 0 Å². The predicted molar refractivity (Wildman–Crippen MR) is 113 cm³/mol. The standard InChI is InChI=1S/C23H28N4O/c1-3-21(17-19-11-6-5-7-12-19)27(4-2)23(28)25-22-14-9-8-13-20(22)18-26-16-10-15-24-26/h5-16,21H,3-4,17-18H2,1-2H3,(H,25,28)/t21-/m0/s1. The highest BCUT2D eigenvalue weighted by molar-refractivity contribution is 5.90. The molecule has 3 aromatic rings. The number of likely N-dealkylation sites (N-methyl/N-ethyl adjacent to an activating group) is 1. The topological polar surface area (TPSA) is 50.2 Å². The molecule has 28 heavy (non-hydrogen) atoms. The van der Waals surface area contributed by atoms with E-state index in [1.165, 1.54) is 5.56 Å². The zero-order valence-corrected chi connectivity index (χ0v) is 16.6. The number of rotatable bonds is 8. The lowest BCUT2D eigenvalue weighted by Crippen LogP contribution is -2.43. The van der Waals surface area contributed by atoms with Crippen LogP contribution < -0.4 is 5.32 Å². The highest BCUT2D eigenvalue weighted by Gasteiger charge is 2.22. The Balaban J connectivity index is 1.73. The van der Waals surface area contributed by atoms with Crippen molar-refractivity contribution in [2.75, 3.05) is 11.9 Å². The summed E-state index contributed by atoms with van der Waals surface area (Å²) in [7, 11) is 0. The van der Waals surface area contributed by atoms with Crippen LogP contribution in [0.15, 0.2) is 73.1 Å². The highest BCUT2D eigenvalue weighted by Crippen LogP contribution is 2.19. The van der Waals surface area contributed by atoms with Gasteiger partial charge in [0.25, 0.3) is 0 Å². The second-order valence-electron chi connectivity index (χ2n) is 6.83. The fourth-order valence-corrected chi connectivity index (χ4v) is 3.46. The maximum atomic E-state index is 13.1. The van der Waals surface area contributed by atoms with Gasteiger partial charge in [0, 0.05) is 30.7 Å². The first-order chi connectivity index (χ1) is 13.7. The first kappa shape index (κ1) is 19.7. The zero-order chi connectivity index (χ0) is 19.8. The lowest BCUT2D eigenvalue weighted by atomic mass is 10.0. The van der Waals surface area contributed by atoms with Crippen LogP contribution in [0.4, 0.5) is 10.5 Å². The van der Waals surface area contributed by atoms with Crippen LogP contribution in [0.2, 0.25) is 0 Å². The summed E-state index contributed by atoms with van der Waals surface area (Å²) in [6, 6.07) is 20.2. The number of nitrogens with zero attached hydrogens (tertiary/aromatic N) is 3.